The van der Waals surface area contributed by atoms with Crippen molar-refractivity contribution in [1.82, 2.24) is 24.3 Å². The third kappa shape index (κ3) is 7.84. The van der Waals surface area contributed by atoms with E-state index in [4.69, 9.17) is 5.14 Å². The first-order valence-corrected chi connectivity index (χ1v) is 22.9. The molecular weight excluding hydrogens is 753 g/mol. The summed E-state index contributed by atoms with van der Waals surface area (Å²) < 4.78 is 52.5. The molecule has 4 aromatic rings. The number of urea groups is 1. The minimum absolute atomic E-state index is 0.0422. The SMILES string of the molecule is NS(=O)(=O)c1ccn(C2CCC2)n1.O=C(Nc1c2c(cc3c1CCC3)CCC2)NS(=O)(=O)c1ccn(C2CCC2)n1.O=C=Nc1c2c(cc3c1CCC3)CCC2. The van der Waals surface area contributed by atoms with Gasteiger partial charge in [0.2, 0.25) is 6.08 Å². The fourth-order valence-electron chi connectivity index (χ4n) is 8.89. The molecule has 6 aliphatic carbocycles. The number of primary sulfonamides is 1. The molecule has 0 atom stereocenters. The van der Waals surface area contributed by atoms with E-state index >= 15 is 0 Å². The molecule has 0 radical (unpaired) electrons. The number of hydrogen-bond donors (Lipinski definition) is 3. The number of benzene rings is 2. The molecule has 0 unspecified atom stereocenters. The molecule has 6 aliphatic rings. The molecule has 2 aromatic carbocycles. The molecule has 2 fully saturated rings. The molecule has 0 aliphatic heterocycles. The number of nitrogens with zero attached hydrogens (tertiary/aromatic N) is 5. The van der Waals surface area contributed by atoms with E-state index in [1.54, 1.807) is 27.8 Å². The Morgan fingerprint density at radius 2 is 1.12 bits per heavy atom. The molecule has 2 amide bonds. The second-order valence-electron chi connectivity index (χ2n) is 15.7. The second kappa shape index (κ2) is 15.7. The monoisotopic (exact) mass is 800 g/mol. The molecule has 2 heterocycles. The minimum atomic E-state index is -4.00. The summed E-state index contributed by atoms with van der Waals surface area (Å²) in [6, 6.07) is 7.43. The van der Waals surface area contributed by atoms with Crippen LogP contribution in [0, 0.1) is 0 Å². The van der Waals surface area contributed by atoms with Crippen LogP contribution in [0.5, 0.6) is 0 Å². The van der Waals surface area contributed by atoms with Crippen LogP contribution in [0.1, 0.15) is 121 Å². The van der Waals surface area contributed by atoms with Gasteiger partial charge in [-0.05, 0) is 172 Å². The highest BCUT2D eigenvalue weighted by Crippen LogP contribution is 2.41. The highest BCUT2D eigenvalue weighted by Gasteiger charge is 2.29. The van der Waals surface area contributed by atoms with Gasteiger partial charge in [0.15, 0.2) is 10.1 Å². The fourth-order valence-corrected chi connectivity index (χ4v) is 10.2. The number of carbonyl (C=O) groups is 1. The smallest absolute Gasteiger partial charge is 0.307 e. The van der Waals surface area contributed by atoms with Gasteiger partial charge in [0.1, 0.15) is 0 Å². The maximum atomic E-state index is 12.6. The summed E-state index contributed by atoms with van der Waals surface area (Å²) >= 11 is 0. The number of nitrogens with one attached hydrogen (secondary N) is 2. The Hall–Kier alpha value is -4.63. The standard InChI is InChI=1S/C20H24N4O3S.C13H13NO.C7H11N3O2S/c25-20(23-28(26,27)18-10-11-24(22-18)15-6-3-7-15)21-19-16-8-1-4-13(16)12-14-5-2-9-17(14)19;15-8-14-13-11-5-1-3-9(11)7-10-4-2-6-12(10)13;8-13(11,12)7-4-5-10(9-7)6-2-1-3-6/h10-12,15H,1-9H2,(H2,21,23,25);7H,1-6H2;4-6H,1-3H2,(H2,8,11,12). The largest absolute Gasteiger partial charge is 0.333 e. The second-order valence-corrected chi connectivity index (χ2v) is 18.8. The Labute approximate surface area is 327 Å². The van der Waals surface area contributed by atoms with E-state index in [1.165, 1.54) is 75.9 Å². The number of rotatable bonds is 7. The van der Waals surface area contributed by atoms with Crippen LogP contribution in [0.25, 0.3) is 0 Å². The maximum Gasteiger partial charge on any atom is 0.333 e. The number of hydrogen-bond acceptors (Lipinski definition) is 9. The molecule has 0 saturated heterocycles. The average molecular weight is 801 g/mol. The Kier molecular flexibility index (Phi) is 10.7. The lowest BCUT2D eigenvalue weighted by Gasteiger charge is -2.25. The Bertz CT molecular complexity index is 2380. The van der Waals surface area contributed by atoms with Crippen LogP contribution in [-0.2, 0) is 76.2 Å². The van der Waals surface area contributed by atoms with Gasteiger partial charge in [-0.3, -0.25) is 9.36 Å². The Morgan fingerprint density at radius 1 is 0.679 bits per heavy atom. The number of aromatic nitrogens is 4. The number of nitrogens with two attached hydrogens (primary N) is 1. The van der Waals surface area contributed by atoms with Crippen molar-refractivity contribution < 1.29 is 26.4 Å². The van der Waals surface area contributed by atoms with Crippen LogP contribution in [-0.4, -0.2) is 48.5 Å². The summed E-state index contributed by atoms with van der Waals surface area (Å²) in [5.41, 5.74) is 12.2. The zero-order valence-corrected chi connectivity index (χ0v) is 33.1. The summed E-state index contributed by atoms with van der Waals surface area (Å²) in [5.74, 6) is 0. The molecule has 16 heteroatoms. The molecule has 4 N–H and O–H groups in total. The van der Waals surface area contributed by atoms with Crippen molar-refractivity contribution in [2.24, 2.45) is 10.1 Å². The van der Waals surface area contributed by atoms with Crippen molar-refractivity contribution >= 4 is 43.5 Å². The lowest BCUT2D eigenvalue weighted by atomic mass is 9.93. The highest BCUT2D eigenvalue weighted by molar-refractivity contribution is 7.90. The summed E-state index contributed by atoms with van der Waals surface area (Å²) in [7, 11) is -7.63. The average Bonchev–Trinajstić information content (AvgIpc) is 3.95. The number of sulfonamides is 2. The third-order valence-electron chi connectivity index (χ3n) is 12.2. The van der Waals surface area contributed by atoms with E-state index in [-0.39, 0.29) is 16.1 Å². The van der Waals surface area contributed by atoms with Crippen LogP contribution in [0.3, 0.4) is 0 Å². The van der Waals surface area contributed by atoms with E-state index in [2.05, 4.69) is 37.4 Å². The molecule has 2 saturated carbocycles. The van der Waals surface area contributed by atoms with Crippen LogP contribution >= 0.6 is 0 Å². The lowest BCUT2D eigenvalue weighted by Crippen LogP contribution is -2.35. The lowest BCUT2D eigenvalue weighted by molar-refractivity contribution is 0.256. The molecule has 10 rings (SSSR count). The van der Waals surface area contributed by atoms with Gasteiger partial charge in [-0.2, -0.15) is 23.6 Å². The number of amides is 2. The predicted octanol–water partition coefficient (Wildman–Crippen LogP) is 5.98. The molecule has 14 nitrogen and oxygen atoms in total. The van der Waals surface area contributed by atoms with E-state index in [0.717, 1.165) is 108 Å². The highest BCUT2D eigenvalue weighted by atomic mass is 32.2. The van der Waals surface area contributed by atoms with Crippen molar-refractivity contribution in [2.75, 3.05) is 5.32 Å². The predicted molar refractivity (Wildman–Crippen MR) is 210 cm³/mol. The van der Waals surface area contributed by atoms with E-state index in [1.807, 2.05) is 0 Å². The minimum Gasteiger partial charge on any atom is -0.307 e. The number of aliphatic imine (C=N–C) groups is 1. The molecular formula is C40H48N8O6S2. The summed E-state index contributed by atoms with van der Waals surface area (Å²) in [6.07, 6.45) is 24.5. The molecule has 0 spiro atoms. The van der Waals surface area contributed by atoms with Crippen LogP contribution in [0.4, 0.5) is 16.2 Å². The van der Waals surface area contributed by atoms with Gasteiger partial charge in [-0.25, -0.2) is 27.9 Å². The van der Waals surface area contributed by atoms with Gasteiger partial charge in [0.05, 0.1) is 17.8 Å². The van der Waals surface area contributed by atoms with Crippen molar-refractivity contribution in [3.05, 3.63) is 81.2 Å². The zero-order valence-electron chi connectivity index (χ0n) is 31.4. The van der Waals surface area contributed by atoms with Gasteiger partial charge >= 0.3 is 6.03 Å². The quantitative estimate of drug-likeness (QED) is 0.150. The van der Waals surface area contributed by atoms with Crippen LogP contribution in [0.15, 0.2) is 51.7 Å². The summed E-state index contributed by atoms with van der Waals surface area (Å²) in [4.78, 5) is 27.0. The van der Waals surface area contributed by atoms with E-state index < -0.39 is 26.1 Å². The first-order chi connectivity index (χ1) is 27.0. The maximum absolute atomic E-state index is 12.6. The van der Waals surface area contributed by atoms with Gasteiger partial charge in [0.25, 0.3) is 20.0 Å². The molecule has 2 aromatic heterocycles. The summed E-state index contributed by atoms with van der Waals surface area (Å²) in [5, 5.41) is 15.7. The molecule has 296 valence electrons. The number of carbonyl (C=O) groups excluding carboxylic acids is 2. The van der Waals surface area contributed by atoms with E-state index in [0.29, 0.717) is 6.04 Å². The van der Waals surface area contributed by atoms with Crippen molar-refractivity contribution in [1.29, 1.82) is 0 Å². The zero-order chi connectivity index (χ0) is 39.0. The number of isocyanates is 1. The van der Waals surface area contributed by atoms with Crippen molar-refractivity contribution in [3.8, 4) is 0 Å². The van der Waals surface area contributed by atoms with Gasteiger partial charge in [-0.15, -0.1) is 0 Å². The normalized spacial score (nSPS) is 18.1. The Morgan fingerprint density at radius 3 is 1.55 bits per heavy atom. The van der Waals surface area contributed by atoms with Crippen molar-refractivity contribution in [2.45, 2.75) is 138 Å². The van der Waals surface area contributed by atoms with Crippen LogP contribution in [0.2, 0.25) is 0 Å². The van der Waals surface area contributed by atoms with Gasteiger partial charge in [-0.1, -0.05) is 12.1 Å². The van der Waals surface area contributed by atoms with Crippen LogP contribution < -0.4 is 15.2 Å². The first kappa shape index (κ1) is 38.3. The molecule has 0 bridgehead atoms. The fraction of sp³-hybridized carbons (Fsp3) is 0.500. The molecule has 56 heavy (non-hydrogen) atoms. The van der Waals surface area contributed by atoms with Crippen molar-refractivity contribution in [3.63, 3.8) is 0 Å². The number of aryl methyl sites for hydroxylation is 4. The topological polar surface area (TPSA) is 200 Å². The number of fused-ring (bicyclic) bond motifs is 4. The van der Waals surface area contributed by atoms with Gasteiger partial charge < -0.3 is 5.32 Å². The number of anilines is 1. The summed E-state index contributed by atoms with van der Waals surface area (Å²) in [6.45, 7) is 0. The third-order valence-corrected chi connectivity index (χ3v) is 14.2. The first-order valence-electron chi connectivity index (χ1n) is 19.9. The van der Waals surface area contributed by atoms with Gasteiger partial charge in [0, 0.05) is 18.1 Å². The van der Waals surface area contributed by atoms with E-state index in [9.17, 15) is 26.4 Å². The Balaban J connectivity index is 0.000000132.